The molecule has 0 aliphatic carbocycles. The Bertz CT molecular complexity index is 1250. The quantitative estimate of drug-likeness (QED) is 0.323. The van der Waals surface area contributed by atoms with Gasteiger partial charge < -0.3 is 19.3 Å². The third-order valence-electron chi connectivity index (χ3n) is 5.16. The Morgan fingerprint density at radius 1 is 0.970 bits per heavy atom. The SMILES string of the molecule is CN1C(=C(C#N)C(=O)COC(=O)c2ccccc2Oc2cccnc2)N(C)c2ccccc21. The first-order valence-corrected chi connectivity index (χ1v) is 10.1. The van der Waals surface area contributed by atoms with Crippen LogP contribution in [0, 0.1) is 11.3 Å². The molecular weight excluding hydrogens is 420 g/mol. The predicted octanol–water partition coefficient (Wildman–Crippen LogP) is 3.92. The first kappa shape index (κ1) is 21.6. The van der Waals surface area contributed by atoms with Gasteiger partial charge in [-0.15, -0.1) is 0 Å². The van der Waals surface area contributed by atoms with E-state index in [1.807, 2.05) is 30.3 Å². The van der Waals surface area contributed by atoms with Gasteiger partial charge in [0.2, 0.25) is 5.78 Å². The molecule has 2 aromatic carbocycles. The minimum absolute atomic E-state index is 0.0936. The number of carbonyl (C=O) groups is 2. The van der Waals surface area contributed by atoms with Crippen LogP contribution in [0.1, 0.15) is 10.4 Å². The Morgan fingerprint density at radius 3 is 2.27 bits per heavy atom. The Morgan fingerprint density at radius 2 is 1.64 bits per heavy atom. The van der Waals surface area contributed by atoms with E-state index in [0.29, 0.717) is 11.6 Å². The van der Waals surface area contributed by atoms with Crippen LogP contribution in [0.4, 0.5) is 11.4 Å². The summed E-state index contributed by atoms with van der Waals surface area (Å²) in [4.78, 5) is 33.1. The average molecular weight is 440 g/mol. The van der Waals surface area contributed by atoms with Crippen LogP contribution in [0.5, 0.6) is 11.5 Å². The lowest BCUT2D eigenvalue weighted by molar-refractivity contribution is -0.118. The third-order valence-corrected chi connectivity index (χ3v) is 5.16. The summed E-state index contributed by atoms with van der Waals surface area (Å²) in [6.07, 6.45) is 3.13. The van der Waals surface area contributed by atoms with Gasteiger partial charge in [-0.3, -0.25) is 9.78 Å². The van der Waals surface area contributed by atoms with Gasteiger partial charge in [-0.2, -0.15) is 5.26 Å². The summed E-state index contributed by atoms with van der Waals surface area (Å²) in [5, 5.41) is 9.71. The van der Waals surface area contributed by atoms with E-state index < -0.39 is 18.4 Å². The van der Waals surface area contributed by atoms with E-state index in [0.717, 1.165) is 11.4 Å². The predicted molar refractivity (Wildman–Crippen MR) is 122 cm³/mol. The fraction of sp³-hybridized carbons (Fsp3) is 0.120. The Labute approximate surface area is 190 Å². The number of benzene rings is 2. The monoisotopic (exact) mass is 440 g/mol. The van der Waals surface area contributed by atoms with Crippen molar-refractivity contribution in [2.24, 2.45) is 0 Å². The van der Waals surface area contributed by atoms with Gasteiger partial charge in [-0.05, 0) is 36.4 Å². The zero-order valence-corrected chi connectivity index (χ0v) is 18.1. The highest BCUT2D eigenvalue weighted by atomic mass is 16.5. The molecule has 3 aromatic rings. The van der Waals surface area contributed by atoms with Crippen LogP contribution < -0.4 is 14.5 Å². The number of anilines is 2. The first-order chi connectivity index (χ1) is 16.0. The molecule has 0 saturated carbocycles. The average Bonchev–Trinajstić information content (AvgIpc) is 3.09. The highest BCUT2D eigenvalue weighted by molar-refractivity contribution is 6.04. The maximum atomic E-state index is 12.9. The molecule has 8 nitrogen and oxygen atoms in total. The van der Waals surface area contributed by atoms with Crippen molar-refractivity contribution in [2.75, 3.05) is 30.5 Å². The number of Topliss-reactive ketones (excluding diaryl/α,β-unsaturated/α-hetero) is 1. The fourth-order valence-electron chi connectivity index (χ4n) is 3.60. The van der Waals surface area contributed by atoms with Gasteiger partial charge in [0.05, 0.1) is 17.6 Å². The minimum Gasteiger partial charge on any atom is -0.455 e. The second-order valence-corrected chi connectivity index (χ2v) is 7.20. The van der Waals surface area contributed by atoms with Crippen LogP contribution in [0.15, 0.2) is 84.5 Å². The molecule has 33 heavy (non-hydrogen) atoms. The van der Waals surface area contributed by atoms with Crippen LogP contribution >= 0.6 is 0 Å². The maximum absolute atomic E-state index is 12.9. The third kappa shape index (κ3) is 4.25. The van der Waals surface area contributed by atoms with Crippen LogP contribution in [0.25, 0.3) is 0 Å². The summed E-state index contributed by atoms with van der Waals surface area (Å²) < 4.78 is 11.0. The van der Waals surface area contributed by atoms with E-state index >= 15 is 0 Å². The number of hydrogen-bond donors (Lipinski definition) is 0. The molecule has 1 aliphatic heterocycles. The smallest absolute Gasteiger partial charge is 0.342 e. The number of hydrogen-bond acceptors (Lipinski definition) is 8. The summed E-state index contributed by atoms with van der Waals surface area (Å²) in [7, 11) is 3.56. The van der Waals surface area contributed by atoms with Crippen molar-refractivity contribution in [1.82, 2.24) is 4.98 Å². The van der Waals surface area contributed by atoms with Gasteiger partial charge in [-0.25, -0.2) is 4.79 Å². The molecule has 0 fully saturated rings. The molecule has 0 N–H and O–H groups in total. The minimum atomic E-state index is -0.735. The molecule has 0 atom stereocenters. The summed E-state index contributed by atoms with van der Waals surface area (Å²) in [6, 6.07) is 19.5. The maximum Gasteiger partial charge on any atom is 0.342 e. The Kier molecular flexibility index (Phi) is 6.04. The number of ether oxygens (including phenoxy) is 2. The van der Waals surface area contributed by atoms with Gasteiger partial charge in [0.15, 0.2) is 6.61 Å². The van der Waals surface area contributed by atoms with Crippen molar-refractivity contribution >= 4 is 23.1 Å². The molecule has 0 amide bonds. The van der Waals surface area contributed by atoms with Crippen molar-refractivity contribution in [2.45, 2.75) is 0 Å². The molecular formula is C25H20N4O4. The number of esters is 1. The number of ketones is 1. The zero-order valence-electron chi connectivity index (χ0n) is 18.1. The standard InChI is InChI=1S/C25H20N4O4/c1-28-20-10-4-5-11-21(20)29(2)24(28)19(14-26)22(30)16-32-25(31)18-9-3-6-12-23(18)33-17-8-7-13-27-15-17/h3-13,15H,16H2,1-2H3. The molecule has 0 spiro atoms. The van der Waals surface area contributed by atoms with Crippen LogP contribution in [-0.4, -0.2) is 37.4 Å². The van der Waals surface area contributed by atoms with E-state index in [1.165, 1.54) is 12.3 Å². The molecule has 164 valence electrons. The molecule has 1 aromatic heterocycles. The second-order valence-electron chi connectivity index (χ2n) is 7.20. The lowest BCUT2D eigenvalue weighted by atomic mass is 10.1. The summed E-state index contributed by atoms with van der Waals surface area (Å²) in [6.45, 7) is -0.579. The van der Waals surface area contributed by atoms with E-state index in [9.17, 15) is 14.9 Å². The number of rotatable bonds is 6. The summed E-state index contributed by atoms with van der Waals surface area (Å²) in [5.41, 5.74) is 1.80. The van der Waals surface area contributed by atoms with Crippen molar-refractivity contribution < 1.29 is 19.1 Å². The van der Waals surface area contributed by atoms with Gasteiger partial charge >= 0.3 is 5.97 Å². The van der Waals surface area contributed by atoms with E-state index in [-0.39, 0.29) is 16.9 Å². The molecule has 4 rings (SSSR count). The Balaban J connectivity index is 1.51. The number of nitriles is 1. The second kappa shape index (κ2) is 9.24. The van der Waals surface area contributed by atoms with Gasteiger partial charge in [0, 0.05) is 20.3 Å². The summed E-state index contributed by atoms with van der Waals surface area (Å²) >= 11 is 0. The number of para-hydroxylation sites is 3. The largest absolute Gasteiger partial charge is 0.455 e. The summed E-state index contributed by atoms with van der Waals surface area (Å²) in [5.74, 6) is -0.177. The van der Waals surface area contributed by atoms with Crippen molar-refractivity contribution in [3.05, 3.63) is 90.0 Å². The first-order valence-electron chi connectivity index (χ1n) is 10.1. The van der Waals surface area contributed by atoms with Crippen LogP contribution in [-0.2, 0) is 9.53 Å². The fourth-order valence-corrected chi connectivity index (χ4v) is 3.60. The topological polar surface area (TPSA) is 95.8 Å². The molecule has 0 unspecified atom stereocenters. The molecule has 0 bridgehead atoms. The Hall–Kier alpha value is -4.64. The van der Waals surface area contributed by atoms with Gasteiger partial charge in [0.25, 0.3) is 0 Å². The number of nitrogens with zero attached hydrogens (tertiary/aromatic N) is 4. The molecule has 8 heteroatoms. The van der Waals surface area contributed by atoms with E-state index in [4.69, 9.17) is 9.47 Å². The number of fused-ring (bicyclic) bond motifs is 1. The van der Waals surface area contributed by atoms with Crippen LogP contribution in [0.2, 0.25) is 0 Å². The molecule has 1 aliphatic rings. The highest BCUT2D eigenvalue weighted by Crippen LogP contribution is 2.40. The zero-order chi connectivity index (χ0) is 23.4. The number of pyridine rings is 1. The molecule has 2 heterocycles. The highest BCUT2D eigenvalue weighted by Gasteiger charge is 2.31. The van der Waals surface area contributed by atoms with Crippen LogP contribution in [0.3, 0.4) is 0 Å². The molecule has 0 radical (unpaired) electrons. The van der Waals surface area contributed by atoms with Crippen molar-refractivity contribution in [3.63, 3.8) is 0 Å². The van der Waals surface area contributed by atoms with Gasteiger partial charge in [0.1, 0.15) is 34.5 Å². The van der Waals surface area contributed by atoms with E-state index in [1.54, 1.807) is 60.4 Å². The lowest BCUT2D eigenvalue weighted by Gasteiger charge is -2.19. The number of carbonyl (C=O) groups excluding carboxylic acids is 2. The molecule has 0 saturated heterocycles. The van der Waals surface area contributed by atoms with Crippen molar-refractivity contribution in [1.29, 1.82) is 5.26 Å². The normalized spacial score (nSPS) is 12.1. The van der Waals surface area contributed by atoms with Crippen molar-refractivity contribution in [3.8, 4) is 17.6 Å². The lowest BCUT2D eigenvalue weighted by Crippen LogP contribution is -2.27. The number of aromatic nitrogens is 1. The van der Waals surface area contributed by atoms with Gasteiger partial charge in [-0.1, -0.05) is 24.3 Å². The van der Waals surface area contributed by atoms with E-state index in [2.05, 4.69) is 4.98 Å².